The lowest BCUT2D eigenvalue weighted by atomic mass is 9.44. The number of ether oxygens (including phenoxy) is 1. The van der Waals surface area contributed by atoms with Crippen LogP contribution in [0.5, 0.6) is 0 Å². The summed E-state index contributed by atoms with van der Waals surface area (Å²) >= 11 is 0. The van der Waals surface area contributed by atoms with E-state index in [4.69, 9.17) is 4.74 Å². The molecule has 0 aromatic carbocycles. The summed E-state index contributed by atoms with van der Waals surface area (Å²) in [4.78, 5) is 10.7. The van der Waals surface area contributed by atoms with Crippen molar-refractivity contribution in [3.05, 3.63) is 0 Å². The summed E-state index contributed by atoms with van der Waals surface area (Å²) in [5, 5.41) is 10.1. The van der Waals surface area contributed by atoms with E-state index >= 15 is 0 Å². The Hall–Kier alpha value is -0.410. The van der Waals surface area contributed by atoms with Gasteiger partial charge in [0.25, 0.3) is 0 Å². The molecule has 0 amide bonds. The maximum atomic E-state index is 10.7. The number of aliphatic hydroxyl groups is 1. The number of aldehydes is 1. The minimum Gasteiger partial charge on any atom is -0.390 e. The molecule has 4 aliphatic carbocycles. The van der Waals surface area contributed by atoms with Crippen molar-refractivity contribution in [1.82, 2.24) is 0 Å². The molecule has 1 N–H and O–H groups in total. The van der Waals surface area contributed by atoms with E-state index < -0.39 is 5.60 Å². The number of carbonyl (C=O) groups is 1. The highest BCUT2D eigenvalue weighted by Gasteiger charge is 2.60. The maximum absolute atomic E-state index is 10.7. The molecule has 4 fully saturated rings. The fourth-order valence-electron chi connectivity index (χ4n) is 9.69. The van der Waals surface area contributed by atoms with Crippen molar-refractivity contribution in [2.45, 2.75) is 130 Å². The number of hydrogen-bond acceptors (Lipinski definition) is 3. The second kappa shape index (κ2) is 9.92. The Balaban J connectivity index is 1.39. The van der Waals surface area contributed by atoms with E-state index in [0.717, 1.165) is 54.6 Å². The molecule has 0 aliphatic heterocycles. The lowest BCUT2D eigenvalue weighted by molar-refractivity contribution is -0.137. The lowest BCUT2D eigenvalue weighted by Gasteiger charge is -2.61. The molecule has 0 aromatic rings. The third-order valence-corrected chi connectivity index (χ3v) is 11.4. The zero-order valence-electron chi connectivity index (χ0n) is 22.3. The highest BCUT2D eigenvalue weighted by Crippen LogP contribution is 2.68. The van der Waals surface area contributed by atoms with Crippen molar-refractivity contribution >= 4 is 6.29 Å². The predicted octanol–water partition coefficient (Wildman–Crippen LogP) is 7.20. The molecule has 0 unspecified atom stereocenters. The first-order valence-corrected chi connectivity index (χ1v) is 14.4. The molecule has 3 heteroatoms. The van der Waals surface area contributed by atoms with Gasteiger partial charge >= 0.3 is 0 Å². The average molecular weight is 461 g/mol. The van der Waals surface area contributed by atoms with Gasteiger partial charge in [-0.2, -0.15) is 0 Å². The van der Waals surface area contributed by atoms with Crippen LogP contribution in [0.3, 0.4) is 0 Å². The summed E-state index contributed by atoms with van der Waals surface area (Å²) < 4.78 is 6.09. The van der Waals surface area contributed by atoms with E-state index in [1.165, 1.54) is 64.2 Å². The number of hydrogen-bond donors (Lipinski definition) is 1. The lowest BCUT2D eigenvalue weighted by Crippen LogP contribution is -2.54. The van der Waals surface area contributed by atoms with Crippen molar-refractivity contribution < 1.29 is 14.6 Å². The molecule has 0 bridgehead atoms. The van der Waals surface area contributed by atoms with Gasteiger partial charge in [-0.15, -0.1) is 0 Å². The molecule has 0 spiro atoms. The van der Waals surface area contributed by atoms with Gasteiger partial charge in [-0.1, -0.05) is 33.6 Å². The summed E-state index contributed by atoms with van der Waals surface area (Å²) in [6, 6.07) is 0. The van der Waals surface area contributed by atoms with E-state index in [-0.39, 0.29) is 0 Å². The van der Waals surface area contributed by atoms with E-state index in [1.54, 1.807) is 0 Å². The molecule has 9 atom stereocenters. The quantitative estimate of drug-likeness (QED) is 0.292. The Bertz CT molecular complexity index is 668. The Kier molecular flexibility index (Phi) is 7.72. The standard InChI is InChI=1S/C30H52O3/c1-21(8-6-15-28(2,3)32)25-11-12-26-24-10-9-22-20-23(33-19-7-18-31)13-16-29(22,4)27(24)14-17-30(25,26)5/h18,21-27,32H,6-17,19-20H2,1-5H3/t21-,22+,23+,24+,25-,26+,27+,29+,30-/m1/s1. The topological polar surface area (TPSA) is 46.5 Å². The molecule has 0 heterocycles. The Morgan fingerprint density at radius 3 is 2.48 bits per heavy atom. The summed E-state index contributed by atoms with van der Waals surface area (Å²) in [7, 11) is 0. The van der Waals surface area contributed by atoms with Crippen LogP contribution in [0.2, 0.25) is 0 Å². The minimum absolute atomic E-state index is 0.383. The number of rotatable bonds is 9. The van der Waals surface area contributed by atoms with Crippen LogP contribution in [0.1, 0.15) is 118 Å². The van der Waals surface area contributed by atoms with Gasteiger partial charge in [0.05, 0.1) is 18.3 Å². The van der Waals surface area contributed by atoms with E-state index in [0.29, 0.717) is 30.0 Å². The monoisotopic (exact) mass is 460 g/mol. The SMILES string of the molecule is C[C@H](CCCC(C)(C)O)[C@H]1CC[C@H]2[C@@H]3CC[C@H]4C[C@@H](OCCC=O)CC[C@]4(C)[C@H]3CC[C@]12C. The third kappa shape index (κ3) is 5.11. The van der Waals surface area contributed by atoms with Crippen LogP contribution in [-0.2, 0) is 9.53 Å². The molecule has 3 nitrogen and oxygen atoms in total. The van der Waals surface area contributed by atoms with Gasteiger partial charge in [0.15, 0.2) is 0 Å². The first-order valence-electron chi connectivity index (χ1n) is 14.4. The molecule has 0 radical (unpaired) electrons. The second-order valence-corrected chi connectivity index (χ2v) is 13.8. The summed E-state index contributed by atoms with van der Waals surface area (Å²) in [5.74, 6) is 5.25. The molecule has 4 aliphatic rings. The van der Waals surface area contributed by atoms with Gasteiger partial charge in [-0.25, -0.2) is 0 Å². The molecule has 0 aromatic heterocycles. The Morgan fingerprint density at radius 1 is 1.03 bits per heavy atom. The molecule has 4 saturated carbocycles. The highest BCUT2D eigenvalue weighted by molar-refractivity contribution is 5.49. The summed E-state index contributed by atoms with van der Waals surface area (Å²) in [6.45, 7) is 12.3. The van der Waals surface area contributed by atoms with Crippen molar-refractivity contribution in [1.29, 1.82) is 0 Å². The van der Waals surface area contributed by atoms with Gasteiger partial charge in [-0.3, -0.25) is 0 Å². The van der Waals surface area contributed by atoms with Crippen LogP contribution in [-0.4, -0.2) is 29.7 Å². The zero-order chi connectivity index (χ0) is 23.9. The van der Waals surface area contributed by atoms with Crippen LogP contribution in [0.25, 0.3) is 0 Å². The molecular formula is C30H52O3. The van der Waals surface area contributed by atoms with Crippen LogP contribution < -0.4 is 0 Å². The predicted molar refractivity (Wildman–Crippen MR) is 135 cm³/mol. The summed E-state index contributed by atoms with van der Waals surface area (Å²) in [6.07, 6.45) is 17.6. The molecule has 4 rings (SSSR count). The Labute approximate surface area is 203 Å². The van der Waals surface area contributed by atoms with Crippen LogP contribution in [0.15, 0.2) is 0 Å². The van der Waals surface area contributed by atoms with Crippen molar-refractivity contribution in [3.63, 3.8) is 0 Å². The van der Waals surface area contributed by atoms with E-state index in [9.17, 15) is 9.90 Å². The minimum atomic E-state index is -0.521. The van der Waals surface area contributed by atoms with Crippen LogP contribution >= 0.6 is 0 Å². The van der Waals surface area contributed by atoms with E-state index in [1.807, 2.05) is 13.8 Å². The smallest absolute Gasteiger partial charge is 0.122 e. The van der Waals surface area contributed by atoms with Crippen LogP contribution in [0, 0.1) is 46.3 Å². The van der Waals surface area contributed by atoms with Gasteiger partial charge in [0.1, 0.15) is 6.29 Å². The largest absolute Gasteiger partial charge is 0.390 e. The first kappa shape index (κ1) is 25.7. The molecule has 0 saturated heterocycles. The van der Waals surface area contributed by atoms with Gasteiger partial charge in [-0.05, 0) is 124 Å². The maximum Gasteiger partial charge on any atom is 0.122 e. The molecule has 33 heavy (non-hydrogen) atoms. The Morgan fingerprint density at radius 2 is 1.76 bits per heavy atom. The second-order valence-electron chi connectivity index (χ2n) is 13.8. The highest BCUT2D eigenvalue weighted by atomic mass is 16.5. The van der Waals surface area contributed by atoms with Gasteiger partial charge < -0.3 is 14.6 Å². The zero-order valence-corrected chi connectivity index (χ0v) is 22.3. The third-order valence-electron chi connectivity index (χ3n) is 11.4. The number of carbonyl (C=O) groups excluding carboxylic acids is 1. The van der Waals surface area contributed by atoms with Crippen LogP contribution in [0.4, 0.5) is 0 Å². The van der Waals surface area contributed by atoms with Crippen molar-refractivity contribution in [2.75, 3.05) is 6.61 Å². The fourth-order valence-corrected chi connectivity index (χ4v) is 9.69. The van der Waals surface area contributed by atoms with E-state index in [2.05, 4.69) is 20.8 Å². The average Bonchev–Trinajstić information content (AvgIpc) is 3.10. The van der Waals surface area contributed by atoms with Gasteiger partial charge in [0.2, 0.25) is 0 Å². The molecule has 190 valence electrons. The molecular weight excluding hydrogens is 408 g/mol. The first-order chi connectivity index (χ1) is 15.6. The fraction of sp³-hybridized carbons (Fsp3) is 0.967. The summed E-state index contributed by atoms with van der Waals surface area (Å²) in [5.41, 5.74) is 0.519. The normalized spacial score (nSPS) is 43.9. The van der Waals surface area contributed by atoms with Crippen molar-refractivity contribution in [3.8, 4) is 0 Å². The van der Waals surface area contributed by atoms with Crippen molar-refractivity contribution in [2.24, 2.45) is 46.3 Å². The van der Waals surface area contributed by atoms with Gasteiger partial charge in [0, 0.05) is 6.42 Å². The number of fused-ring (bicyclic) bond motifs is 5.